The molecule has 4 nitrogen and oxygen atoms in total. The Morgan fingerprint density at radius 3 is 2.45 bits per heavy atom. The molecule has 0 saturated carbocycles. The van der Waals surface area contributed by atoms with Gasteiger partial charge in [0, 0.05) is 5.92 Å². The normalized spacial score (nSPS) is 27.5. The van der Waals surface area contributed by atoms with Gasteiger partial charge in [0.05, 0.1) is 5.54 Å². The monoisotopic (exact) mass is 156 g/mol. The molecule has 1 atom stereocenters. The Morgan fingerprint density at radius 1 is 1.73 bits per heavy atom. The van der Waals surface area contributed by atoms with Crippen LogP contribution in [0.25, 0.3) is 0 Å². The minimum atomic E-state index is -0.935. The fourth-order valence-corrected chi connectivity index (χ4v) is 0.973. The van der Waals surface area contributed by atoms with Gasteiger partial charge in [0.15, 0.2) is 0 Å². The molecule has 0 saturated heterocycles. The van der Waals surface area contributed by atoms with Gasteiger partial charge in [-0.3, -0.25) is 0 Å². The van der Waals surface area contributed by atoms with Gasteiger partial charge in [-0.2, -0.15) is 5.10 Å². The third kappa shape index (κ3) is 1.20. The number of carboxylic acids is 1. The van der Waals surface area contributed by atoms with Crippen molar-refractivity contribution in [2.75, 3.05) is 0 Å². The number of aliphatic carboxylic acids is 1. The molecule has 0 radical (unpaired) electrons. The molecule has 11 heavy (non-hydrogen) atoms. The molecular weight excluding hydrogens is 144 g/mol. The predicted octanol–water partition coefficient (Wildman–Crippen LogP) is 0.445. The van der Waals surface area contributed by atoms with Crippen molar-refractivity contribution in [3.8, 4) is 0 Å². The van der Waals surface area contributed by atoms with Gasteiger partial charge in [-0.1, -0.05) is 6.92 Å². The summed E-state index contributed by atoms with van der Waals surface area (Å²) in [4.78, 5) is 10.5. The van der Waals surface area contributed by atoms with Crippen molar-refractivity contribution in [2.24, 2.45) is 11.0 Å². The quantitative estimate of drug-likeness (QED) is 0.579. The molecule has 0 amide bonds. The first-order valence-electron chi connectivity index (χ1n) is 3.53. The molecule has 1 heterocycles. The summed E-state index contributed by atoms with van der Waals surface area (Å²) in [5, 5.41) is 12.4. The number of hydrogen-bond acceptors (Lipinski definition) is 3. The first-order valence-corrected chi connectivity index (χ1v) is 3.53. The zero-order chi connectivity index (χ0) is 8.65. The molecule has 2 N–H and O–H groups in total. The molecule has 0 fully saturated rings. The van der Waals surface area contributed by atoms with Crippen LogP contribution >= 0.6 is 0 Å². The lowest BCUT2D eigenvalue weighted by molar-refractivity contribution is -0.129. The van der Waals surface area contributed by atoms with Crippen molar-refractivity contribution in [3.05, 3.63) is 0 Å². The topological polar surface area (TPSA) is 61.7 Å². The van der Waals surface area contributed by atoms with Crippen LogP contribution in [-0.2, 0) is 4.79 Å². The first kappa shape index (κ1) is 8.04. The highest BCUT2D eigenvalue weighted by atomic mass is 16.4. The Bertz CT molecular complexity index is 220. The minimum absolute atomic E-state index is 0.0417. The predicted molar refractivity (Wildman–Crippen MR) is 41.4 cm³/mol. The second-order valence-electron chi connectivity index (χ2n) is 3.36. The van der Waals surface area contributed by atoms with Crippen molar-refractivity contribution in [1.82, 2.24) is 5.43 Å². The average molecular weight is 156 g/mol. The van der Waals surface area contributed by atoms with E-state index in [1.54, 1.807) is 0 Å². The number of hydrogen-bond donors (Lipinski definition) is 2. The molecule has 0 spiro atoms. The third-order valence-electron chi connectivity index (χ3n) is 2.18. The van der Waals surface area contributed by atoms with Crippen LogP contribution in [0.5, 0.6) is 0 Å². The van der Waals surface area contributed by atoms with Crippen LogP contribution in [0.15, 0.2) is 5.10 Å². The van der Waals surface area contributed by atoms with Crippen molar-refractivity contribution < 1.29 is 9.90 Å². The van der Waals surface area contributed by atoms with Crippen molar-refractivity contribution >= 4 is 11.7 Å². The van der Waals surface area contributed by atoms with Crippen LogP contribution < -0.4 is 5.43 Å². The average Bonchev–Trinajstić information content (AvgIpc) is 2.09. The third-order valence-corrected chi connectivity index (χ3v) is 2.18. The molecule has 0 aliphatic carbocycles. The van der Waals surface area contributed by atoms with Gasteiger partial charge in [0.2, 0.25) is 0 Å². The van der Waals surface area contributed by atoms with Crippen molar-refractivity contribution in [1.29, 1.82) is 0 Å². The number of hydrazone groups is 1. The zero-order valence-electron chi connectivity index (χ0n) is 6.88. The van der Waals surface area contributed by atoms with Gasteiger partial charge < -0.3 is 10.5 Å². The number of rotatable bonds is 1. The lowest BCUT2D eigenvalue weighted by Crippen LogP contribution is -2.39. The Hall–Kier alpha value is -1.06. The fourth-order valence-electron chi connectivity index (χ4n) is 0.973. The highest BCUT2D eigenvalue weighted by Crippen LogP contribution is 2.22. The Labute approximate surface area is 65.3 Å². The molecule has 0 aromatic heterocycles. The van der Waals surface area contributed by atoms with Crippen LogP contribution in [0.3, 0.4) is 0 Å². The van der Waals surface area contributed by atoms with E-state index in [1.807, 2.05) is 20.8 Å². The lowest BCUT2D eigenvalue weighted by atomic mass is 9.87. The highest BCUT2D eigenvalue weighted by molar-refractivity contribution is 6.37. The maximum atomic E-state index is 10.5. The SMILES string of the molecule is CC1C(C(=O)O)=NNC1(C)C. The molecule has 0 aromatic carbocycles. The Morgan fingerprint density at radius 2 is 2.27 bits per heavy atom. The van der Waals surface area contributed by atoms with Gasteiger partial charge in [-0.15, -0.1) is 0 Å². The van der Waals surface area contributed by atoms with Gasteiger partial charge >= 0.3 is 5.97 Å². The maximum absolute atomic E-state index is 10.5. The van der Waals surface area contributed by atoms with Crippen LogP contribution in [0, 0.1) is 5.92 Å². The number of nitrogens with one attached hydrogen (secondary N) is 1. The molecule has 4 heteroatoms. The standard InChI is InChI=1S/C7H12N2O2/c1-4-5(6(10)11)8-9-7(4,2)3/h4,9H,1-3H3,(H,10,11). The summed E-state index contributed by atoms with van der Waals surface area (Å²) in [7, 11) is 0. The van der Waals surface area contributed by atoms with E-state index in [0.717, 1.165) is 0 Å². The van der Waals surface area contributed by atoms with Gasteiger partial charge in [-0.05, 0) is 13.8 Å². The van der Waals surface area contributed by atoms with Crippen LogP contribution in [0.4, 0.5) is 0 Å². The van der Waals surface area contributed by atoms with Gasteiger partial charge in [-0.25, -0.2) is 4.79 Å². The van der Waals surface area contributed by atoms with Gasteiger partial charge in [0.25, 0.3) is 0 Å². The van der Waals surface area contributed by atoms with Crippen LogP contribution in [0.2, 0.25) is 0 Å². The molecule has 1 rings (SSSR count). The fraction of sp³-hybridized carbons (Fsp3) is 0.714. The summed E-state index contributed by atoms with van der Waals surface area (Å²) in [6, 6.07) is 0. The molecule has 62 valence electrons. The minimum Gasteiger partial charge on any atom is -0.477 e. The number of carbonyl (C=O) groups is 1. The van der Waals surface area contributed by atoms with Crippen molar-refractivity contribution in [3.63, 3.8) is 0 Å². The summed E-state index contributed by atoms with van der Waals surface area (Å²) < 4.78 is 0. The number of nitrogens with zero attached hydrogens (tertiary/aromatic N) is 1. The van der Waals surface area contributed by atoms with E-state index >= 15 is 0 Å². The smallest absolute Gasteiger partial charge is 0.352 e. The second-order valence-corrected chi connectivity index (χ2v) is 3.36. The molecule has 1 unspecified atom stereocenters. The van der Waals surface area contributed by atoms with E-state index in [-0.39, 0.29) is 17.2 Å². The summed E-state index contributed by atoms with van der Waals surface area (Å²) in [5.74, 6) is -0.976. The van der Waals surface area contributed by atoms with Crippen LogP contribution in [-0.4, -0.2) is 22.3 Å². The zero-order valence-corrected chi connectivity index (χ0v) is 6.88. The Kier molecular flexibility index (Phi) is 1.62. The van der Waals surface area contributed by atoms with Gasteiger partial charge in [0.1, 0.15) is 5.71 Å². The molecule has 0 aromatic rings. The van der Waals surface area contributed by atoms with Crippen molar-refractivity contribution in [2.45, 2.75) is 26.3 Å². The summed E-state index contributed by atoms with van der Waals surface area (Å²) >= 11 is 0. The van der Waals surface area contributed by atoms with Crippen LogP contribution in [0.1, 0.15) is 20.8 Å². The van der Waals surface area contributed by atoms with E-state index < -0.39 is 5.97 Å². The van der Waals surface area contributed by atoms with E-state index in [1.165, 1.54) is 0 Å². The highest BCUT2D eigenvalue weighted by Gasteiger charge is 2.37. The first-order chi connectivity index (χ1) is 4.95. The van der Waals surface area contributed by atoms with E-state index in [0.29, 0.717) is 0 Å². The lowest BCUT2D eigenvalue weighted by Gasteiger charge is -2.22. The molecular formula is C7H12N2O2. The second kappa shape index (κ2) is 2.22. The Balaban J connectivity index is 2.83. The molecule has 1 aliphatic heterocycles. The molecule has 0 bridgehead atoms. The largest absolute Gasteiger partial charge is 0.477 e. The number of carboxylic acid groups (broad SMARTS) is 1. The maximum Gasteiger partial charge on any atom is 0.352 e. The summed E-state index contributed by atoms with van der Waals surface area (Å²) in [5.41, 5.74) is 2.77. The molecule has 1 aliphatic rings. The van der Waals surface area contributed by atoms with E-state index in [2.05, 4.69) is 10.5 Å². The summed E-state index contributed by atoms with van der Waals surface area (Å²) in [6.07, 6.45) is 0. The van der Waals surface area contributed by atoms with E-state index in [9.17, 15) is 4.79 Å². The summed E-state index contributed by atoms with van der Waals surface area (Å²) in [6.45, 7) is 5.71. The van der Waals surface area contributed by atoms with E-state index in [4.69, 9.17) is 5.11 Å².